The zero-order valence-electron chi connectivity index (χ0n) is 9.88. The van der Waals surface area contributed by atoms with E-state index in [1.807, 2.05) is 6.07 Å². The Hall–Kier alpha value is -0.690. The third-order valence-corrected chi connectivity index (χ3v) is 4.49. The van der Waals surface area contributed by atoms with Gasteiger partial charge in [0.05, 0.1) is 10.0 Å². The van der Waals surface area contributed by atoms with E-state index in [0.717, 1.165) is 25.9 Å². The van der Waals surface area contributed by atoms with Crippen molar-refractivity contribution < 1.29 is 0 Å². The minimum absolute atomic E-state index is 0.123. The van der Waals surface area contributed by atoms with Crippen molar-refractivity contribution in [1.29, 1.82) is 5.26 Å². The van der Waals surface area contributed by atoms with Crippen LogP contribution in [0.3, 0.4) is 0 Å². The molecule has 2 rings (SSSR count). The highest BCUT2D eigenvalue weighted by molar-refractivity contribution is 6.49. The lowest BCUT2D eigenvalue weighted by atomic mass is 9.99. The highest BCUT2D eigenvalue weighted by Crippen LogP contribution is 2.38. The molecule has 0 unspecified atom stereocenters. The molecular weight excluding hydrogens is 293 g/mol. The van der Waals surface area contributed by atoms with Gasteiger partial charge in [0.15, 0.2) is 11.5 Å². The van der Waals surface area contributed by atoms with Crippen LogP contribution in [0, 0.1) is 17.2 Å². The van der Waals surface area contributed by atoms with Crippen LogP contribution >= 0.6 is 34.8 Å². The second kappa shape index (κ2) is 5.52. The number of aromatic nitrogens is 1. The predicted molar refractivity (Wildman–Crippen MR) is 74.6 cm³/mol. The fourth-order valence-corrected chi connectivity index (χ4v) is 2.66. The molecule has 18 heavy (non-hydrogen) atoms. The zero-order chi connectivity index (χ0) is 13.3. The summed E-state index contributed by atoms with van der Waals surface area (Å²) < 4.78 is 0. The Morgan fingerprint density at radius 1 is 1.17 bits per heavy atom. The van der Waals surface area contributed by atoms with Gasteiger partial charge in [0, 0.05) is 13.1 Å². The fourth-order valence-electron chi connectivity index (χ4n) is 2.01. The molecule has 1 saturated heterocycles. The van der Waals surface area contributed by atoms with Crippen molar-refractivity contribution >= 4 is 40.6 Å². The van der Waals surface area contributed by atoms with Crippen LogP contribution in [0.2, 0.25) is 15.1 Å². The molecule has 3 nitrogen and oxygen atoms in total. The first kappa shape index (κ1) is 13.7. The summed E-state index contributed by atoms with van der Waals surface area (Å²) in [7, 11) is 0. The minimum atomic E-state index is 0.123. The van der Waals surface area contributed by atoms with E-state index in [1.54, 1.807) is 0 Å². The van der Waals surface area contributed by atoms with Crippen molar-refractivity contribution in [2.24, 2.45) is 5.92 Å². The molecule has 1 aromatic rings. The van der Waals surface area contributed by atoms with E-state index in [4.69, 9.17) is 40.1 Å². The van der Waals surface area contributed by atoms with Crippen LogP contribution in [0.15, 0.2) is 0 Å². The van der Waals surface area contributed by atoms with Crippen LogP contribution in [-0.2, 0) is 0 Å². The van der Waals surface area contributed by atoms with Crippen LogP contribution in [0.1, 0.15) is 25.5 Å². The van der Waals surface area contributed by atoms with Crippen LogP contribution in [0.4, 0.5) is 5.82 Å². The summed E-state index contributed by atoms with van der Waals surface area (Å²) in [4.78, 5) is 6.28. The lowest BCUT2D eigenvalue weighted by molar-refractivity contribution is 0.436. The largest absolute Gasteiger partial charge is 0.355 e. The second-order valence-corrected chi connectivity index (χ2v) is 5.64. The van der Waals surface area contributed by atoms with Crippen LogP contribution in [-0.4, -0.2) is 18.1 Å². The van der Waals surface area contributed by atoms with Crippen LogP contribution in [0.25, 0.3) is 0 Å². The van der Waals surface area contributed by atoms with Crippen molar-refractivity contribution in [2.45, 2.75) is 19.8 Å². The van der Waals surface area contributed by atoms with Crippen molar-refractivity contribution in [2.75, 3.05) is 18.0 Å². The highest BCUT2D eigenvalue weighted by atomic mass is 35.5. The third kappa shape index (κ3) is 2.51. The smallest absolute Gasteiger partial charge is 0.163 e. The monoisotopic (exact) mass is 303 g/mol. The van der Waals surface area contributed by atoms with Gasteiger partial charge in [0.1, 0.15) is 11.1 Å². The van der Waals surface area contributed by atoms with Crippen molar-refractivity contribution in [3.63, 3.8) is 0 Å². The molecule has 0 atom stereocenters. The Balaban J connectivity index is 2.39. The summed E-state index contributed by atoms with van der Waals surface area (Å²) in [6, 6.07) is 1.94. The predicted octanol–water partition coefficient (Wildman–Crippen LogP) is 4.15. The number of rotatable bonds is 1. The summed E-state index contributed by atoms with van der Waals surface area (Å²) in [5.41, 5.74) is 0.125. The van der Waals surface area contributed by atoms with Gasteiger partial charge in [-0.1, -0.05) is 41.7 Å². The topological polar surface area (TPSA) is 39.9 Å². The van der Waals surface area contributed by atoms with Crippen LogP contribution < -0.4 is 4.90 Å². The zero-order valence-corrected chi connectivity index (χ0v) is 12.1. The Kier molecular flexibility index (Phi) is 4.21. The molecule has 0 bridgehead atoms. The lowest BCUT2D eigenvalue weighted by Gasteiger charge is -2.32. The normalized spacial score (nSPS) is 16.7. The van der Waals surface area contributed by atoms with Gasteiger partial charge in [-0.25, -0.2) is 4.98 Å². The lowest BCUT2D eigenvalue weighted by Crippen LogP contribution is -2.33. The molecule has 6 heteroatoms. The minimum Gasteiger partial charge on any atom is -0.355 e. The van der Waals surface area contributed by atoms with Gasteiger partial charge in [-0.15, -0.1) is 0 Å². The maximum Gasteiger partial charge on any atom is 0.163 e. The molecule has 96 valence electrons. The number of nitriles is 1. The molecule has 0 spiro atoms. The molecule has 0 aromatic carbocycles. The van der Waals surface area contributed by atoms with Gasteiger partial charge in [-0.05, 0) is 18.8 Å². The van der Waals surface area contributed by atoms with E-state index >= 15 is 0 Å². The number of nitrogens with zero attached hydrogens (tertiary/aromatic N) is 3. The Morgan fingerprint density at radius 3 is 2.33 bits per heavy atom. The SMILES string of the molecule is CC1CCN(c2nc(C#N)c(Cl)c(Cl)c2Cl)CC1. The molecule has 1 fully saturated rings. The van der Waals surface area contributed by atoms with Crippen molar-refractivity contribution in [1.82, 2.24) is 4.98 Å². The van der Waals surface area contributed by atoms with Gasteiger partial charge in [0.2, 0.25) is 0 Å². The molecule has 0 amide bonds. The average Bonchev–Trinajstić information content (AvgIpc) is 2.38. The van der Waals surface area contributed by atoms with E-state index in [2.05, 4.69) is 16.8 Å². The standard InChI is InChI=1S/C12H12Cl3N3/c1-7-2-4-18(5-3-7)12-11(15)10(14)9(13)8(6-16)17-12/h7H,2-5H2,1H3. The summed E-state index contributed by atoms with van der Waals surface area (Å²) in [5, 5.41) is 9.64. The molecule has 0 saturated carbocycles. The van der Waals surface area contributed by atoms with Gasteiger partial charge < -0.3 is 4.90 Å². The first-order valence-corrected chi connectivity index (χ1v) is 6.87. The molecule has 1 aliphatic rings. The Labute approximate surface area is 121 Å². The number of pyridine rings is 1. The van der Waals surface area contributed by atoms with Crippen molar-refractivity contribution in [3.05, 3.63) is 20.8 Å². The van der Waals surface area contributed by atoms with E-state index in [1.165, 1.54) is 0 Å². The molecule has 2 heterocycles. The van der Waals surface area contributed by atoms with E-state index < -0.39 is 0 Å². The molecule has 0 N–H and O–H groups in total. The molecular formula is C12H12Cl3N3. The third-order valence-electron chi connectivity index (χ3n) is 3.20. The summed E-state index contributed by atoms with van der Waals surface area (Å²) in [6.07, 6.45) is 2.17. The number of hydrogen-bond donors (Lipinski definition) is 0. The first-order valence-electron chi connectivity index (χ1n) is 5.74. The van der Waals surface area contributed by atoms with Gasteiger partial charge in [0.25, 0.3) is 0 Å². The summed E-state index contributed by atoms with van der Waals surface area (Å²) in [6.45, 7) is 3.97. The number of hydrogen-bond acceptors (Lipinski definition) is 3. The van der Waals surface area contributed by atoms with Crippen molar-refractivity contribution in [3.8, 4) is 6.07 Å². The second-order valence-electron chi connectivity index (χ2n) is 4.51. The van der Waals surface area contributed by atoms with Gasteiger partial charge in [-0.3, -0.25) is 0 Å². The highest BCUT2D eigenvalue weighted by Gasteiger charge is 2.23. The number of piperidine rings is 1. The number of halogens is 3. The van der Waals surface area contributed by atoms with E-state index in [0.29, 0.717) is 16.8 Å². The quantitative estimate of drug-likeness (QED) is 0.782. The molecule has 0 radical (unpaired) electrons. The van der Waals surface area contributed by atoms with Gasteiger partial charge >= 0.3 is 0 Å². The van der Waals surface area contributed by atoms with Gasteiger partial charge in [-0.2, -0.15) is 5.26 Å². The summed E-state index contributed by atoms with van der Waals surface area (Å²) >= 11 is 18.1. The number of anilines is 1. The van der Waals surface area contributed by atoms with Crippen LogP contribution in [0.5, 0.6) is 0 Å². The average molecular weight is 305 g/mol. The maximum absolute atomic E-state index is 8.98. The first-order chi connectivity index (χ1) is 8.54. The van der Waals surface area contributed by atoms with E-state index in [-0.39, 0.29) is 15.7 Å². The Morgan fingerprint density at radius 2 is 1.78 bits per heavy atom. The maximum atomic E-state index is 8.98. The fraction of sp³-hybridized carbons (Fsp3) is 0.500. The van der Waals surface area contributed by atoms with E-state index in [9.17, 15) is 0 Å². The molecule has 0 aliphatic carbocycles. The molecule has 1 aliphatic heterocycles. The summed E-state index contributed by atoms with van der Waals surface area (Å²) in [5.74, 6) is 1.27. The molecule has 1 aromatic heterocycles. The Bertz CT molecular complexity index is 502.